The first-order chi connectivity index (χ1) is 9.20. The first kappa shape index (κ1) is 12.2. The third kappa shape index (κ3) is 2.49. The second-order valence-corrected chi connectivity index (χ2v) is 5.35. The molecular weight excluding hydrogens is 258 g/mol. The standard InChI is InChI=1S/C16H14ClNO/c17-14-8-4-7-13(11-14)16(9-10-16)18-15(19)12-5-2-1-3-6-12/h1-8,11H,9-10H2,(H,18,19). The number of hydrogen-bond acceptors (Lipinski definition) is 1. The van der Waals surface area contributed by atoms with Crippen molar-refractivity contribution in [3.05, 3.63) is 70.7 Å². The van der Waals surface area contributed by atoms with Crippen LogP contribution in [0.1, 0.15) is 28.8 Å². The molecule has 0 radical (unpaired) electrons. The fourth-order valence-electron chi connectivity index (χ4n) is 2.28. The summed E-state index contributed by atoms with van der Waals surface area (Å²) in [6.07, 6.45) is 1.93. The topological polar surface area (TPSA) is 29.1 Å². The molecule has 0 heterocycles. The Morgan fingerprint density at radius 2 is 1.79 bits per heavy atom. The third-order valence-electron chi connectivity index (χ3n) is 3.52. The highest BCUT2D eigenvalue weighted by molar-refractivity contribution is 6.30. The van der Waals surface area contributed by atoms with E-state index in [0.717, 1.165) is 18.4 Å². The van der Waals surface area contributed by atoms with Crippen LogP contribution in [-0.2, 0) is 5.54 Å². The molecule has 0 aromatic heterocycles. The molecular formula is C16H14ClNO. The van der Waals surface area contributed by atoms with Crippen molar-refractivity contribution in [2.24, 2.45) is 0 Å². The van der Waals surface area contributed by atoms with Gasteiger partial charge in [-0.25, -0.2) is 0 Å². The number of carbonyl (C=O) groups is 1. The molecule has 3 heteroatoms. The van der Waals surface area contributed by atoms with Crippen LogP contribution in [0, 0.1) is 0 Å². The number of halogens is 1. The van der Waals surface area contributed by atoms with Gasteiger partial charge in [-0.2, -0.15) is 0 Å². The average Bonchev–Trinajstić information content (AvgIpc) is 3.21. The van der Waals surface area contributed by atoms with Crippen LogP contribution in [0.4, 0.5) is 0 Å². The molecule has 0 atom stereocenters. The number of nitrogens with one attached hydrogen (secondary N) is 1. The Bertz CT molecular complexity index is 605. The summed E-state index contributed by atoms with van der Waals surface area (Å²) in [5.41, 5.74) is 1.55. The zero-order valence-corrected chi connectivity index (χ0v) is 11.2. The normalized spacial score (nSPS) is 15.8. The van der Waals surface area contributed by atoms with Crippen molar-refractivity contribution in [3.63, 3.8) is 0 Å². The van der Waals surface area contributed by atoms with Gasteiger partial charge in [0.15, 0.2) is 0 Å². The van der Waals surface area contributed by atoms with Crippen molar-refractivity contribution < 1.29 is 4.79 Å². The molecule has 1 amide bonds. The summed E-state index contributed by atoms with van der Waals surface area (Å²) in [7, 11) is 0. The molecule has 3 rings (SSSR count). The van der Waals surface area contributed by atoms with Gasteiger partial charge in [0.05, 0.1) is 5.54 Å². The minimum absolute atomic E-state index is 0.0296. The van der Waals surface area contributed by atoms with Gasteiger partial charge in [-0.1, -0.05) is 41.9 Å². The Kier molecular flexibility index (Phi) is 3.03. The van der Waals surface area contributed by atoms with Crippen LogP contribution < -0.4 is 5.32 Å². The molecule has 1 aliphatic carbocycles. The molecule has 1 fully saturated rings. The van der Waals surface area contributed by atoms with Gasteiger partial charge >= 0.3 is 0 Å². The van der Waals surface area contributed by atoms with Gasteiger partial charge in [-0.15, -0.1) is 0 Å². The smallest absolute Gasteiger partial charge is 0.251 e. The molecule has 1 saturated carbocycles. The van der Waals surface area contributed by atoms with E-state index in [0.29, 0.717) is 10.6 Å². The van der Waals surface area contributed by atoms with Crippen molar-refractivity contribution in [1.82, 2.24) is 5.32 Å². The maximum Gasteiger partial charge on any atom is 0.251 e. The molecule has 1 N–H and O–H groups in total. The predicted octanol–water partition coefficient (Wildman–Crippen LogP) is 3.76. The Hall–Kier alpha value is -1.80. The molecule has 2 nitrogen and oxygen atoms in total. The summed E-state index contributed by atoms with van der Waals surface area (Å²) in [5.74, 6) is -0.0296. The van der Waals surface area contributed by atoms with Gasteiger partial charge in [-0.05, 0) is 42.7 Å². The van der Waals surface area contributed by atoms with Crippen LogP contribution >= 0.6 is 11.6 Å². The van der Waals surface area contributed by atoms with Gasteiger partial charge in [-0.3, -0.25) is 4.79 Å². The monoisotopic (exact) mass is 271 g/mol. The van der Waals surface area contributed by atoms with Gasteiger partial charge in [0, 0.05) is 10.6 Å². The SMILES string of the molecule is O=C(NC1(c2cccc(Cl)c2)CC1)c1ccccc1. The average molecular weight is 272 g/mol. The molecule has 2 aromatic rings. The van der Waals surface area contributed by atoms with Gasteiger partial charge in [0.2, 0.25) is 0 Å². The first-order valence-electron chi connectivity index (χ1n) is 6.33. The Labute approximate surface area is 117 Å². The third-order valence-corrected chi connectivity index (χ3v) is 3.75. The van der Waals surface area contributed by atoms with Crippen molar-refractivity contribution >= 4 is 17.5 Å². The van der Waals surface area contributed by atoms with Crippen LogP contribution in [0.2, 0.25) is 5.02 Å². The van der Waals surface area contributed by atoms with Crippen molar-refractivity contribution in [3.8, 4) is 0 Å². The van der Waals surface area contributed by atoms with E-state index in [1.165, 1.54) is 0 Å². The lowest BCUT2D eigenvalue weighted by Crippen LogP contribution is -2.34. The van der Waals surface area contributed by atoms with Crippen LogP contribution in [0.25, 0.3) is 0 Å². The second-order valence-electron chi connectivity index (χ2n) is 4.91. The van der Waals surface area contributed by atoms with E-state index < -0.39 is 0 Å². The van der Waals surface area contributed by atoms with Gasteiger partial charge in [0.25, 0.3) is 5.91 Å². The van der Waals surface area contributed by atoms with Crippen LogP contribution in [0.5, 0.6) is 0 Å². The Morgan fingerprint density at radius 1 is 1.05 bits per heavy atom. The van der Waals surface area contributed by atoms with Gasteiger partial charge in [0.1, 0.15) is 0 Å². The molecule has 0 spiro atoms. The lowest BCUT2D eigenvalue weighted by atomic mass is 10.0. The molecule has 0 unspecified atom stereocenters. The lowest BCUT2D eigenvalue weighted by Gasteiger charge is -2.18. The van der Waals surface area contributed by atoms with E-state index in [9.17, 15) is 4.79 Å². The highest BCUT2D eigenvalue weighted by atomic mass is 35.5. The number of rotatable bonds is 3. The minimum atomic E-state index is -0.224. The Balaban J connectivity index is 1.82. The molecule has 1 aliphatic rings. The van der Waals surface area contributed by atoms with Crippen LogP contribution in [0.3, 0.4) is 0 Å². The number of carbonyl (C=O) groups excluding carboxylic acids is 1. The van der Waals surface area contributed by atoms with E-state index in [1.807, 2.05) is 54.6 Å². The summed E-state index contributed by atoms with van der Waals surface area (Å²) in [6, 6.07) is 17.0. The largest absolute Gasteiger partial charge is 0.343 e. The number of hydrogen-bond donors (Lipinski definition) is 1. The van der Waals surface area contributed by atoms with Gasteiger partial charge < -0.3 is 5.32 Å². The summed E-state index contributed by atoms with van der Waals surface area (Å²) in [4.78, 5) is 12.2. The first-order valence-corrected chi connectivity index (χ1v) is 6.71. The fourth-order valence-corrected chi connectivity index (χ4v) is 2.47. The molecule has 0 bridgehead atoms. The molecule has 0 aliphatic heterocycles. The molecule has 19 heavy (non-hydrogen) atoms. The summed E-state index contributed by atoms with van der Waals surface area (Å²) in [6.45, 7) is 0. The Morgan fingerprint density at radius 3 is 2.42 bits per heavy atom. The van der Waals surface area contributed by atoms with Crippen molar-refractivity contribution in [1.29, 1.82) is 0 Å². The highest BCUT2D eigenvalue weighted by Gasteiger charge is 2.45. The molecule has 0 saturated heterocycles. The zero-order valence-electron chi connectivity index (χ0n) is 10.4. The maximum absolute atomic E-state index is 12.2. The maximum atomic E-state index is 12.2. The zero-order chi connectivity index (χ0) is 13.3. The van der Waals surface area contributed by atoms with E-state index in [-0.39, 0.29) is 11.4 Å². The van der Waals surface area contributed by atoms with Crippen LogP contribution in [0.15, 0.2) is 54.6 Å². The van der Waals surface area contributed by atoms with Crippen LogP contribution in [-0.4, -0.2) is 5.91 Å². The summed E-state index contributed by atoms with van der Waals surface area (Å²) >= 11 is 6.02. The fraction of sp³-hybridized carbons (Fsp3) is 0.188. The second kappa shape index (κ2) is 4.71. The summed E-state index contributed by atoms with van der Waals surface area (Å²) in [5, 5.41) is 3.84. The highest BCUT2D eigenvalue weighted by Crippen LogP contribution is 2.46. The van der Waals surface area contributed by atoms with E-state index in [1.54, 1.807) is 0 Å². The number of benzene rings is 2. The van der Waals surface area contributed by atoms with E-state index >= 15 is 0 Å². The minimum Gasteiger partial charge on any atom is -0.343 e. The quantitative estimate of drug-likeness (QED) is 0.905. The van der Waals surface area contributed by atoms with E-state index in [4.69, 9.17) is 11.6 Å². The summed E-state index contributed by atoms with van der Waals surface area (Å²) < 4.78 is 0. The predicted molar refractivity (Wildman–Crippen MR) is 76.3 cm³/mol. The van der Waals surface area contributed by atoms with Crippen molar-refractivity contribution in [2.45, 2.75) is 18.4 Å². The van der Waals surface area contributed by atoms with Crippen molar-refractivity contribution in [2.75, 3.05) is 0 Å². The lowest BCUT2D eigenvalue weighted by molar-refractivity contribution is 0.0931. The molecule has 2 aromatic carbocycles. The molecule has 96 valence electrons. The van der Waals surface area contributed by atoms with E-state index in [2.05, 4.69) is 5.32 Å². The number of amides is 1.